The van der Waals surface area contributed by atoms with Crippen molar-refractivity contribution in [2.45, 2.75) is 94.4 Å². The molecular formula is C39H48IrNO2SSe-. The van der Waals surface area contributed by atoms with Crippen molar-refractivity contribution in [2.24, 2.45) is 16.2 Å². The van der Waals surface area contributed by atoms with Crippen LogP contribution in [0.1, 0.15) is 93.6 Å². The number of fused-ring (bicyclic) bond motifs is 4. The molecule has 0 saturated carbocycles. The average molecular weight is 866 g/mol. The van der Waals surface area contributed by atoms with Crippen molar-refractivity contribution in [3.05, 3.63) is 78.2 Å². The zero-order valence-corrected chi connectivity index (χ0v) is 33.2. The Morgan fingerprint density at radius 3 is 2.09 bits per heavy atom. The minimum absolute atomic E-state index is 0. The van der Waals surface area contributed by atoms with Crippen molar-refractivity contribution in [1.29, 1.82) is 0 Å². The summed E-state index contributed by atoms with van der Waals surface area (Å²) in [4.78, 5) is 17.0. The van der Waals surface area contributed by atoms with Crippen LogP contribution < -0.4 is 0 Å². The van der Waals surface area contributed by atoms with Crippen molar-refractivity contribution in [3.63, 3.8) is 0 Å². The summed E-state index contributed by atoms with van der Waals surface area (Å²) in [6.07, 6.45) is 7.81. The van der Waals surface area contributed by atoms with E-state index in [9.17, 15) is 9.90 Å². The van der Waals surface area contributed by atoms with E-state index in [1.807, 2.05) is 59.1 Å². The SMILES string of the molecule is CC(C)(C)Cc1cccc2c1sc1c(-c3[c-]c4ccccc4[se]3)nccc12.CCC(C)(CC)C(=O)/C=C(\O)C(C)(CC)CC.[Ir]. The molecule has 0 aliphatic rings. The van der Waals surface area contributed by atoms with Crippen LogP contribution in [0.4, 0.5) is 0 Å². The molecular weight excluding hydrogens is 818 g/mol. The topological polar surface area (TPSA) is 50.2 Å². The Balaban J connectivity index is 0.000000270. The number of thiophene rings is 1. The minimum Gasteiger partial charge on any atom is -0.512 e. The van der Waals surface area contributed by atoms with Crippen LogP contribution in [-0.2, 0) is 31.3 Å². The molecule has 0 amide bonds. The first-order valence-electron chi connectivity index (χ1n) is 15.9. The fraction of sp³-hybridized carbons (Fsp3) is 0.436. The molecule has 3 aromatic heterocycles. The van der Waals surface area contributed by atoms with E-state index < -0.39 is 0 Å². The number of pyridine rings is 1. The van der Waals surface area contributed by atoms with E-state index in [0.717, 1.165) is 37.8 Å². The van der Waals surface area contributed by atoms with Crippen LogP contribution in [0.25, 0.3) is 39.9 Å². The van der Waals surface area contributed by atoms with Gasteiger partial charge in [-0.25, -0.2) is 0 Å². The van der Waals surface area contributed by atoms with Gasteiger partial charge in [0.25, 0.3) is 0 Å². The maximum atomic E-state index is 12.2. The second-order valence-corrected chi connectivity index (χ2v) is 16.9. The van der Waals surface area contributed by atoms with E-state index in [1.54, 1.807) is 0 Å². The quantitative estimate of drug-likeness (QED) is 0.0695. The van der Waals surface area contributed by atoms with Crippen molar-refractivity contribution in [2.75, 3.05) is 0 Å². The molecule has 3 nitrogen and oxygen atoms in total. The molecule has 2 aromatic carbocycles. The van der Waals surface area contributed by atoms with Crippen LogP contribution in [0.2, 0.25) is 0 Å². The molecule has 0 spiro atoms. The van der Waals surface area contributed by atoms with Gasteiger partial charge in [-0.1, -0.05) is 41.5 Å². The third-order valence-electron chi connectivity index (χ3n) is 9.38. The molecule has 3 heterocycles. The first-order valence-corrected chi connectivity index (χ1v) is 18.5. The maximum Gasteiger partial charge on any atom is 0.164 e. The molecule has 5 aromatic rings. The summed E-state index contributed by atoms with van der Waals surface area (Å²) in [6.45, 7) is 19.0. The number of rotatable bonds is 9. The zero-order valence-electron chi connectivity index (χ0n) is 28.3. The van der Waals surface area contributed by atoms with Crippen LogP contribution in [0.5, 0.6) is 0 Å². The Morgan fingerprint density at radius 1 is 0.867 bits per heavy atom. The molecule has 243 valence electrons. The van der Waals surface area contributed by atoms with E-state index in [-0.39, 0.29) is 62.4 Å². The molecule has 45 heavy (non-hydrogen) atoms. The zero-order chi connectivity index (χ0) is 32.3. The first kappa shape index (κ1) is 37.4. The van der Waals surface area contributed by atoms with Gasteiger partial charge >= 0.3 is 170 Å². The van der Waals surface area contributed by atoms with Crippen molar-refractivity contribution in [1.82, 2.24) is 4.98 Å². The monoisotopic (exact) mass is 867 g/mol. The fourth-order valence-corrected chi connectivity index (χ4v) is 8.93. The number of carbonyl (C=O) groups excluding carboxylic acids is 1. The number of hydrogen-bond donors (Lipinski definition) is 1. The number of aliphatic hydroxyl groups excluding tert-OH is 1. The number of allylic oxidation sites excluding steroid dienone is 2. The van der Waals surface area contributed by atoms with Gasteiger partial charge in [0.2, 0.25) is 0 Å². The standard InChI is InChI=1S/C24H20NSSe.C15H28O2.Ir/c1-24(2,3)14-16-8-6-9-17-18-11-12-25-21(23(18)26-22(16)17)20-13-15-7-4-5-10-19(15)27-20;1-7-14(5,8-2)12(16)11-13(17)15(6,9-3)10-4;/h4-12H,14H2,1-3H3;11,16H,7-10H2,1-6H3;/q-1;;/b;12-11-;. The van der Waals surface area contributed by atoms with E-state index in [2.05, 4.69) is 75.4 Å². The molecule has 0 atom stereocenters. The fourth-order valence-electron chi connectivity index (χ4n) is 5.36. The van der Waals surface area contributed by atoms with Crippen LogP contribution in [-0.4, -0.2) is 30.4 Å². The van der Waals surface area contributed by atoms with E-state index >= 15 is 0 Å². The summed E-state index contributed by atoms with van der Waals surface area (Å²) >= 11 is 2.19. The number of aromatic nitrogens is 1. The van der Waals surface area contributed by atoms with Crippen molar-refractivity contribution < 1.29 is 30.0 Å². The number of nitrogens with zero attached hydrogens (tertiary/aromatic N) is 1. The molecule has 0 unspecified atom stereocenters. The van der Waals surface area contributed by atoms with Gasteiger partial charge in [-0.2, -0.15) is 0 Å². The third kappa shape index (κ3) is 8.27. The molecule has 6 heteroatoms. The Labute approximate surface area is 293 Å². The van der Waals surface area contributed by atoms with Gasteiger partial charge in [0.1, 0.15) is 5.76 Å². The minimum atomic E-state index is -0.337. The predicted molar refractivity (Wildman–Crippen MR) is 192 cm³/mol. The van der Waals surface area contributed by atoms with Crippen LogP contribution in [0, 0.1) is 22.3 Å². The second-order valence-electron chi connectivity index (χ2n) is 13.7. The number of hydrogen-bond acceptors (Lipinski definition) is 4. The second kappa shape index (κ2) is 15.2. The van der Waals surface area contributed by atoms with Crippen LogP contribution >= 0.6 is 11.3 Å². The van der Waals surface area contributed by atoms with Gasteiger partial charge in [0, 0.05) is 37.0 Å². The molecule has 0 aliphatic heterocycles. The van der Waals surface area contributed by atoms with Gasteiger partial charge in [-0.05, 0) is 25.7 Å². The summed E-state index contributed by atoms with van der Waals surface area (Å²) in [5.74, 6) is 0.286. The molecule has 0 saturated heterocycles. The normalized spacial score (nSPS) is 12.7. The van der Waals surface area contributed by atoms with Gasteiger partial charge in [0.15, 0.2) is 5.78 Å². The van der Waals surface area contributed by atoms with Gasteiger partial charge in [-0.3, -0.25) is 4.79 Å². The number of carbonyl (C=O) groups is 1. The summed E-state index contributed by atoms with van der Waals surface area (Å²) in [5, 5.41) is 14.1. The Morgan fingerprint density at radius 2 is 1.49 bits per heavy atom. The predicted octanol–water partition coefficient (Wildman–Crippen LogP) is 11.4. The maximum absolute atomic E-state index is 12.2. The molecule has 0 fully saturated rings. The molecule has 1 radical (unpaired) electrons. The molecule has 5 rings (SSSR count). The Bertz CT molecular complexity index is 1750. The van der Waals surface area contributed by atoms with E-state index in [0.29, 0.717) is 0 Å². The summed E-state index contributed by atoms with van der Waals surface area (Å²) in [7, 11) is 0. The van der Waals surface area contributed by atoms with Gasteiger partial charge < -0.3 is 5.11 Å². The average Bonchev–Trinajstić information content (AvgIpc) is 3.62. The molecule has 0 bridgehead atoms. The summed E-state index contributed by atoms with van der Waals surface area (Å²) in [6, 6.07) is 21.2. The number of benzene rings is 2. The molecule has 0 aliphatic carbocycles. The van der Waals surface area contributed by atoms with Crippen LogP contribution in [0.3, 0.4) is 0 Å². The van der Waals surface area contributed by atoms with E-state index in [4.69, 9.17) is 4.98 Å². The van der Waals surface area contributed by atoms with Gasteiger partial charge in [0.05, 0.1) is 0 Å². The smallest absolute Gasteiger partial charge is 0.164 e. The van der Waals surface area contributed by atoms with Crippen molar-refractivity contribution >= 4 is 61.4 Å². The Kier molecular flexibility index (Phi) is 12.6. The summed E-state index contributed by atoms with van der Waals surface area (Å²) in [5.41, 5.74) is 2.25. The third-order valence-corrected chi connectivity index (χ3v) is 12.9. The van der Waals surface area contributed by atoms with Crippen LogP contribution in [0.15, 0.2) is 66.6 Å². The number of aliphatic hydroxyl groups is 1. The summed E-state index contributed by atoms with van der Waals surface area (Å²) < 4.78 is 5.41. The van der Waals surface area contributed by atoms with Crippen molar-refractivity contribution in [3.8, 4) is 10.1 Å². The van der Waals surface area contributed by atoms with E-state index in [1.165, 1.54) is 45.9 Å². The van der Waals surface area contributed by atoms with Gasteiger partial charge in [-0.15, -0.1) is 0 Å². The molecule has 1 N–H and O–H groups in total. The largest absolute Gasteiger partial charge is 0.512 e. The Hall–Kier alpha value is -2.07. The first-order chi connectivity index (χ1) is 20.8. The number of ketones is 1.